The Morgan fingerprint density at radius 2 is 2.08 bits per heavy atom. The van der Waals surface area contributed by atoms with Gasteiger partial charge in [0.25, 0.3) is 0 Å². The Kier molecular flexibility index (Phi) is 2.53. The van der Waals surface area contributed by atoms with Crippen molar-refractivity contribution < 1.29 is 0 Å². The summed E-state index contributed by atoms with van der Waals surface area (Å²) in [7, 11) is 0. The van der Waals surface area contributed by atoms with Crippen LogP contribution in [0.2, 0.25) is 0 Å². The molecule has 2 rings (SSSR count). The molecule has 0 radical (unpaired) electrons. The maximum atomic E-state index is 3.42. The summed E-state index contributed by atoms with van der Waals surface area (Å²) in [4.78, 5) is 0. The van der Waals surface area contributed by atoms with Gasteiger partial charge in [-0.05, 0) is 48.9 Å². The molecule has 0 bridgehead atoms. The van der Waals surface area contributed by atoms with Crippen molar-refractivity contribution in [2.75, 3.05) is 11.9 Å². The molecule has 0 heterocycles. The maximum Gasteiger partial charge on any atom is 0.0343 e. The summed E-state index contributed by atoms with van der Waals surface area (Å²) in [6.07, 6.45) is 5.09. The Morgan fingerprint density at radius 3 is 2.92 bits per heavy atom. The van der Waals surface area contributed by atoms with Gasteiger partial charge in [-0.3, -0.25) is 0 Å². The van der Waals surface area contributed by atoms with Gasteiger partial charge < -0.3 is 5.32 Å². The number of anilines is 1. The molecular formula is C12H17N. The Hall–Kier alpha value is -0.980. The van der Waals surface area contributed by atoms with E-state index in [1.165, 1.54) is 31.4 Å². The van der Waals surface area contributed by atoms with Crippen molar-refractivity contribution in [3.05, 3.63) is 29.3 Å². The van der Waals surface area contributed by atoms with E-state index in [1.807, 2.05) is 0 Å². The van der Waals surface area contributed by atoms with Gasteiger partial charge in [0.05, 0.1) is 0 Å². The third-order valence-electron chi connectivity index (χ3n) is 2.68. The molecule has 70 valence electrons. The average molecular weight is 175 g/mol. The first-order chi connectivity index (χ1) is 6.40. The number of hydrogen-bond donors (Lipinski definition) is 1. The zero-order valence-corrected chi connectivity index (χ0v) is 8.27. The molecule has 1 N–H and O–H groups in total. The highest BCUT2D eigenvalue weighted by molar-refractivity contribution is 5.49. The number of benzene rings is 1. The summed E-state index contributed by atoms with van der Waals surface area (Å²) >= 11 is 0. The highest BCUT2D eigenvalue weighted by atomic mass is 14.9. The Balaban J connectivity index is 2.12. The van der Waals surface area contributed by atoms with Crippen LogP contribution in [0.5, 0.6) is 0 Å². The van der Waals surface area contributed by atoms with E-state index in [0.29, 0.717) is 0 Å². The fraction of sp³-hybridized carbons (Fsp3) is 0.500. The van der Waals surface area contributed by atoms with Crippen LogP contribution in [-0.4, -0.2) is 6.54 Å². The van der Waals surface area contributed by atoms with Crippen LogP contribution in [-0.2, 0) is 12.8 Å². The Morgan fingerprint density at radius 1 is 1.23 bits per heavy atom. The molecule has 13 heavy (non-hydrogen) atoms. The highest BCUT2D eigenvalue weighted by Gasteiger charge is 2.09. The molecule has 0 spiro atoms. The number of aryl methyl sites for hydroxylation is 2. The Labute approximate surface area is 80.2 Å². The molecule has 0 fully saturated rings. The number of nitrogens with one attached hydrogen (secondary N) is 1. The molecular weight excluding hydrogens is 158 g/mol. The first-order valence-corrected chi connectivity index (χ1v) is 5.26. The van der Waals surface area contributed by atoms with Crippen LogP contribution >= 0.6 is 0 Å². The lowest BCUT2D eigenvalue weighted by molar-refractivity contribution is 0.911. The van der Waals surface area contributed by atoms with Gasteiger partial charge in [-0.1, -0.05) is 13.0 Å². The van der Waals surface area contributed by atoms with Crippen molar-refractivity contribution in [1.82, 2.24) is 0 Å². The fourth-order valence-corrected chi connectivity index (χ4v) is 1.95. The van der Waals surface area contributed by atoms with Crippen molar-refractivity contribution in [3.8, 4) is 0 Å². The molecule has 1 aliphatic carbocycles. The minimum atomic E-state index is 1.08. The highest BCUT2D eigenvalue weighted by Crippen LogP contribution is 2.24. The van der Waals surface area contributed by atoms with Crippen LogP contribution < -0.4 is 5.32 Å². The van der Waals surface area contributed by atoms with Gasteiger partial charge in [0.2, 0.25) is 0 Å². The van der Waals surface area contributed by atoms with Gasteiger partial charge in [0.1, 0.15) is 0 Å². The molecule has 0 aliphatic heterocycles. The van der Waals surface area contributed by atoms with E-state index in [1.54, 1.807) is 11.1 Å². The number of rotatable bonds is 3. The zero-order valence-electron chi connectivity index (χ0n) is 8.27. The normalized spacial score (nSPS) is 14.2. The van der Waals surface area contributed by atoms with Gasteiger partial charge in [-0.25, -0.2) is 0 Å². The zero-order chi connectivity index (χ0) is 9.10. The first-order valence-electron chi connectivity index (χ1n) is 5.26. The predicted octanol–water partition coefficient (Wildman–Crippen LogP) is 3.00. The summed E-state index contributed by atoms with van der Waals surface area (Å²) in [5.74, 6) is 0. The first kappa shape index (κ1) is 8.61. The average Bonchev–Trinajstić information content (AvgIpc) is 2.61. The Bertz CT molecular complexity index is 291. The summed E-state index contributed by atoms with van der Waals surface area (Å²) in [5.41, 5.74) is 4.41. The molecule has 0 amide bonds. The van der Waals surface area contributed by atoms with Crippen LogP contribution in [0.3, 0.4) is 0 Å². The van der Waals surface area contributed by atoms with Crippen molar-refractivity contribution in [2.45, 2.75) is 32.6 Å². The van der Waals surface area contributed by atoms with Crippen LogP contribution in [0.4, 0.5) is 5.69 Å². The molecule has 0 aromatic heterocycles. The van der Waals surface area contributed by atoms with Crippen molar-refractivity contribution in [2.24, 2.45) is 0 Å². The smallest absolute Gasteiger partial charge is 0.0343 e. The number of hydrogen-bond acceptors (Lipinski definition) is 1. The molecule has 1 aromatic rings. The molecule has 1 aliphatic rings. The predicted molar refractivity (Wildman–Crippen MR) is 57.2 cm³/mol. The standard InChI is InChI=1S/C12H17N/c1-2-8-13-12-7-6-10-4-3-5-11(10)9-12/h6-7,9,13H,2-5,8H2,1H3. The minimum absolute atomic E-state index is 1.08. The SMILES string of the molecule is CCCNc1ccc2c(c1)CCC2. The molecule has 0 saturated carbocycles. The summed E-state index contributed by atoms with van der Waals surface area (Å²) in [6, 6.07) is 6.80. The van der Waals surface area contributed by atoms with E-state index in [9.17, 15) is 0 Å². The van der Waals surface area contributed by atoms with E-state index in [-0.39, 0.29) is 0 Å². The quantitative estimate of drug-likeness (QED) is 0.744. The third-order valence-corrected chi connectivity index (χ3v) is 2.68. The second-order valence-corrected chi connectivity index (χ2v) is 3.76. The van der Waals surface area contributed by atoms with E-state index < -0.39 is 0 Å². The monoisotopic (exact) mass is 175 g/mol. The molecule has 0 unspecified atom stereocenters. The second-order valence-electron chi connectivity index (χ2n) is 3.76. The lowest BCUT2D eigenvalue weighted by Crippen LogP contribution is -1.99. The lowest BCUT2D eigenvalue weighted by Gasteiger charge is -2.06. The van der Waals surface area contributed by atoms with E-state index in [4.69, 9.17) is 0 Å². The molecule has 1 aromatic carbocycles. The van der Waals surface area contributed by atoms with Crippen molar-refractivity contribution in [1.29, 1.82) is 0 Å². The van der Waals surface area contributed by atoms with E-state index >= 15 is 0 Å². The van der Waals surface area contributed by atoms with Crippen molar-refractivity contribution >= 4 is 5.69 Å². The third kappa shape index (κ3) is 1.85. The summed E-state index contributed by atoms with van der Waals surface area (Å²) in [5, 5.41) is 3.42. The van der Waals surface area contributed by atoms with E-state index in [0.717, 1.165) is 6.54 Å². The van der Waals surface area contributed by atoms with Gasteiger partial charge in [-0.15, -0.1) is 0 Å². The maximum absolute atomic E-state index is 3.42. The van der Waals surface area contributed by atoms with Gasteiger partial charge >= 0.3 is 0 Å². The van der Waals surface area contributed by atoms with Gasteiger partial charge in [-0.2, -0.15) is 0 Å². The lowest BCUT2D eigenvalue weighted by atomic mass is 10.1. The van der Waals surface area contributed by atoms with Crippen LogP contribution in [0, 0.1) is 0 Å². The minimum Gasteiger partial charge on any atom is -0.385 e. The topological polar surface area (TPSA) is 12.0 Å². The van der Waals surface area contributed by atoms with E-state index in [2.05, 4.69) is 30.4 Å². The number of fused-ring (bicyclic) bond motifs is 1. The largest absolute Gasteiger partial charge is 0.385 e. The second kappa shape index (κ2) is 3.82. The molecule has 1 nitrogen and oxygen atoms in total. The van der Waals surface area contributed by atoms with Crippen molar-refractivity contribution in [3.63, 3.8) is 0 Å². The molecule has 1 heteroatoms. The van der Waals surface area contributed by atoms with Crippen LogP contribution in [0.15, 0.2) is 18.2 Å². The molecule has 0 atom stereocenters. The summed E-state index contributed by atoms with van der Waals surface area (Å²) in [6.45, 7) is 3.28. The van der Waals surface area contributed by atoms with Gasteiger partial charge in [0.15, 0.2) is 0 Å². The fourth-order valence-electron chi connectivity index (χ4n) is 1.95. The van der Waals surface area contributed by atoms with Crippen LogP contribution in [0.25, 0.3) is 0 Å². The molecule has 0 saturated heterocycles. The van der Waals surface area contributed by atoms with Gasteiger partial charge in [0, 0.05) is 12.2 Å². The summed E-state index contributed by atoms with van der Waals surface area (Å²) < 4.78 is 0. The van der Waals surface area contributed by atoms with Crippen LogP contribution in [0.1, 0.15) is 30.9 Å².